The molecule has 2 N–H and O–H groups in total. The second-order valence-electron chi connectivity index (χ2n) is 5.77. The predicted octanol–water partition coefficient (Wildman–Crippen LogP) is 3.25. The van der Waals surface area contributed by atoms with Crippen molar-refractivity contribution in [1.82, 2.24) is 4.90 Å². The third-order valence-electron chi connectivity index (χ3n) is 4.67. The molecule has 0 aromatic heterocycles. The topological polar surface area (TPSA) is 29.3 Å². The molecule has 0 spiro atoms. The van der Waals surface area contributed by atoms with Crippen LogP contribution < -0.4 is 5.73 Å². The minimum absolute atomic E-state index is 0.197. The number of rotatable bonds is 2. The van der Waals surface area contributed by atoms with E-state index in [-0.39, 0.29) is 11.6 Å². The highest BCUT2D eigenvalue weighted by atomic mass is 19.2. The van der Waals surface area contributed by atoms with Crippen molar-refractivity contribution in [2.24, 2.45) is 5.73 Å². The molecule has 20 heavy (non-hydrogen) atoms. The summed E-state index contributed by atoms with van der Waals surface area (Å²) in [6.07, 6.45) is 5.64. The van der Waals surface area contributed by atoms with Gasteiger partial charge in [-0.3, -0.25) is 4.90 Å². The van der Waals surface area contributed by atoms with E-state index in [0.717, 1.165) is 31.7 Å². The van der Waals surface area contributed by atoms with Crippen molar-refractivity contribution >= 4 is 0 Å². The van der Waals surface area contributed by atoms with E-state index in [2.05, 4.69) is 4.90 Å². The Hall–Kier alpha value is -1.07. The van der Waals surface area contributed by atoms with E-state index in [9.17, 15) is 13.2 Å². The molecule has 1 heterocycles. The summed E-state index contributed by atoms with van der Waals surface area (Å²) in [5.74, 6) is -3.54. The van der Waals surface area contributed by atoms with Gasteiger partial charge in [0.2, 0.25) is 0 Å². The summed E-state index contributed by atoms with van der Waals surface area (Å²) in [4.78, 5) is 2.13. The first-order valence-electron chi connectivity index (χ1n) is 7.25. The molecule has 3 rings (SSSR count). The second-order valence-corrected chi connectivity index (χ2v) is 5.77. The molecule has 1 fully saturated rings. The zero-order valence-corrected chi connectivity index (χ0v) is 11.3. The SMILES string of the molecule is NCC1c2cc(F)c(F)c(F)c2CN1C1CCCCC1. The van der Waals surface area contributed by atoms with Gasteiger partial charge in [0.1, 0.15) is 0 Å². The van der Waals surface area contributed by atoms with Gasteiger partial charge >= 0.3 is 0 Å². The molecule has 1 saturated carbocycles. The first kappa shape index (κ1) is 13.9. The summed E-state index contributed by atoms with van der Waals surface area (Å²) in [7, 11) is 0. The van der Waals surface area contributed by atoms with E-state index >= 15 is 0 Å². The molecule has 2 nitrogen and oxygen atoms in total. The van der Waals surface area contributed by atoms with Gasteiger partial charge in [0.25, 0.3) is 0 Å². The highest BCUT2D eigenvalue weighted by Crippen LogP contribution is 2.40. The number of hydrogen-bond donors (Lipinski definition) is 1. The fourth-order valence-electron chi connectivity index (χ4n) is 3.64. The molecule has 1 unspecified atom stereocenters. The maximum Gasteiger partial charge on any atom is 0.194 e. The molecule has 0 saturated heterocycles. The van der Waals surface area contributed by atoms with E-state index < -0.39 is 17.5 Å². The molecule has 0 radical (unpaired) electrons. The molecule has 1 atom stereocenters. The number of halogens is 3. The lowest BCUT2D eigenvalue weighted by molar-refractivity contribution is 0.116. The van der Waals surface area contributed by atoms with Crippen LogP contribution in [-0.4, -0.2) is 17.5 Å². The Morgan fingerprint density at radius 2 is 1.80 bits per heavy atom. The van der Waals surface area contributed by atoms with Crippen molar-refractivity contribution in [2.45, 2.75) is 50.7 Å². The van der Waals surface area contributed by atoms with Gasteiger partial charge in [-0.2, -0.15) is 0 Å². The molecule has 1 aliphatic carbocycles. The van der Waals surface area contributed by atoms with Crippen molar-refractivity contribution in [3.05, 3.63) is 34.6 Å². The number of benzene rings is 1. The zero-order chi connectivity index (χ0) is 14.3. The predicted molar refractivity (Wildman–Crippen MR) is 70.5 cm³/mol. The molecule has 0 bridgehead atoms. The lowest BCUT2D eigenvalue weighted by Gasteiger charge is -2.35. The van der Waals surface area contributed by atoms with Crippen molar-refractivity contribution in [3.63, 3.8) is 0 Å². The van der Waals surface area contributed by atoms with Crippen LogP contribution in [0.5, 0.6) is 0 Å². The first-order valence-corrected chi connectivity index (χ1v) is 7.25. The average Bonchev–Trinajstić information content (AvgIpc) is 2.84. The van der Waals surface area contributed by atoms with Gasteiger partial charge in [-0.25, -0.2) is 13.2 Å². The fraction of sp³-hybridized carbons (Fsp3) is 0.600. The molecule has 1 aromatic carbocycles. The van der Waals surface area contributed by atoms with E-state index in [4.69, 9.17) is 5.73 Å². The maximum atomic E-state index is 13.9. The smallest absolute Gasteiger partial charge is 0.194 e. The van der Waals surface area contributed by atoms with Crippen molar-refractivity contribution in [1.29, 1.82) is 0 Å². The van der Waals surface area contributed by atoms with Crippen molar-refractivity contribution in [2.75, 3.05) is 6.54 Å². The van der Waals surface area contributed by atoms with Gasteiger partial charge in [-0.05, 0) is 24.5 Å². The van der Waals surface area contributed by atoms with Crippen LogP contribution in [0.15, 0.2) is 6.07 Å². The van der Waals surface area contributed by atoms with E-state index in [0.29, 0.717) is 24.7 Å². The van der Waals surface area contributed by atoms with Gasteiger partial charge in [0.05, 0.1) is 0 Å². The number of nitrogens with two attached hydrogens (primary N) is 1. The highest BCUT2D eigenvalue weighted by molar-refractivity contribution is 5.37. The monoisotopic (exact) mass is 284 g/mol. The Morgan fingerprint density at radius 1 is 1.10 bits per heavy atom. The lowest BCUT2D eigenvalue weighted by atomic mass is 9.93. The van der Waals surface area contributed by atoms with Crippen LogP contribution in [0.25, 0.3) is 0 Å². The van der Waals surface area contributed by atoms with Gasteiger partial charge < -0.3 is 5.73 Å². The first-order chi connectivity index (χ1) is 9.63. The number of nitrogens with zero attached hydrogens (tertiary/aromatic N) is 1. The maximum absolute atomic E-state index is 13.9. The standard InChI is InChI=1S/C15H19F3N2/c16-12-6-10-11(14(17)15(12)18)8-20(13(10)7-19)9-4-2-1-3-5-9/h6,9,13H,1-5,7-8,19H2. The van der Waals surface area contributed by atoms with Gasteiger partial charge in [0, 0.05) is 30.7 Å². The highest BCUT2D eigenvalue weighted by Gasteiger charge is 2.37. The normalized spacial score (nSPS) is 24.1. The zero-order valence-electron chi connectivity index (χ0n) is 11.3. The summed E-state index contributed by atoms with van der Waals surface area (Å²) in [6, 6.07) is 1.27. The van der Waals surface area contributed by atoms with Crippen LogP contribution in [-0.2, 0) is 6.54 Å². The summed E-state index contributed by atoms with van der Waals surface area (Å²) in [5.41, 5.74) is 6.61. The minimum Gasteiger partial charge on any atom is -0.329 e. The molecule has 5 heteroatoms. The third kappa shape index (κ3) is 2.13. The van der Waals surface area contributed by atoms with Gasteiger partial charge in [0.15, 0.2) is 17.5 Å². The Kier molecular flexibility index (Phi) is 3.73. The summed E-state index contributed by atoms with van der Waals surface area (Å²) >= 11 is 0. The van der Waals surface area contributed by atoms with Crippen molar-refractivity contribution in [3.8, 4) is 0 Å². The quantitative estimate of drug-likeness (QED) is 0.845. The molecule has 1 aromatic rings. The summed E-state index contributed by atoms with van der Waals surface area (Å²) in [5, 5.41) is 0. The summed E-state index contributed by atoms with van der Waals surface area (Å²) in [6.45, 7) is 0.638. The van der Waals surface area contributed by atoms with Crippen LogP contribution in [0.3, 0.4) is 0 Å². The Labute approximate surface area is 116 Å². The largest absolute Gasteiger partial charge is 0.329 e. The minimum atomic E-state index is -1.37. The van der Waals surface area contributed by atoms with Crippen LogP contribution in [0.2, 0.25) is 0 Å². The van der Waals surface area contributed by atoms with Crippen LogP contribution in [0.1, 0.15) is 49.3 Å². The molecule has 110 valence electrons. The molecule has 0 amide bonds. The van der Waals surface area contributed by atoms with Gasteiger partial charge in [-0.1, -0.05) is 19.3 Å². The second kappa shape index (κ2) is 5.37. The molecular weight excluding hydrogens is 265 g/mol. The average molecular weight is 284 g/mol. The van der Waals surface area contributed by atoms with E-state index in [1.165, 1.54) is 6.42 Å². The number of hydrogen-bond acceptors (Lipinski definition) is 2. The van der Waals surface area contributed by atoms with E-state index in [1.54, 1.807) is 0 Å². The Balaban J connectivity index is 1.96. The van der Waals surface area contributed by atoms with E-state index in [1.807, 2.05) is 0 Å². The fourth-order valence-corrected chi connectivity index (χ4v) is 3.64. The molecule has 2 aliphatic rings. The number of fused-ring (bicyclic) bond motifs is 1. The third-order valence-corrected chi connectivity index (χ3v) is 4.67. The van der Waals surface area contributed by atoms with Gasteiger partial charge in [-0.15, -0.1) is 0 Å². The van der Waals surface area contributed by atoms with Crippen LogP contribution in [0, 0.1) is 17.5 Å². The van der Waals surface area contributed by atoms with Crippen molar-refractivity contribution < 1.29 is 13.2 Å². The lowest BCUT2D eigenvalue weighted by Crippen LogP contribution is -2.38. The van der Waals surface area contributed by atoms with Crippen LogP contribution in [0.4, 0.5) is 13.2 Å². The Bertz CT molecular complexity index is 512. The van der Waals surface area contributed by atoms with Crippen LogP contribution >= 0.6 is 0 Å². The summed E-state index contributed by atoms with van der Waals surface area (Å²) < 4.78 is 40.8. The molecule has 1 aliphatic heterocycles. The molecular formula is C15H19F3N2. The Morgan fingerprint density at radius 3 is 2.45 bits per heavy atom.